The number of allylic oxidation sites excluding steroid dienone is 3. The highest BCUT2D eigenvalue weighted by atomic mass is 16.5. The van der Waals surface area contributed by atoms with Gasteiger partial charge in [0.25, 0.3) is 0 Å². The molecule has 4 saturated carbocycles. The average Bonchev–Trinajstić information content (AvgIpc) is 3.42. The molecule has 0 amide bonds. The topological polar surface area (TPSA) is 74.1 Å². The molecule has 1 aromatic heterocycles. The first-order chi connectivity index (χ1) is 18.8. The van der Waals surface area contributed by atoms with E-state index < -0.39 is 5.41 Å². The largest absolute Gasteiger partial charge is 0.469 e. The van der Waals surface area contributed by atoms with Crippen LogP contribution in [0.2, 0.25) is 0 Å². The molecule has 6 nitrogen and oxygen atoms in total. The summed E-state index contributed by atoms with van der Waals surface area (Å²) in [5.41, 5.74) is 1.77. The van der Waals surface area contributed by atoms with Crippen molar-refractivity contribution in [2.45, 2.75) is 99.8 Å². The molecular weight excluding hydrogens is 498 g/mol. The first kappa shape index (κ1) is 27.9. The number of fused-ring (bicyclic) bond motifs is 7. The van der Waals surface area contributed by atoms with Crippen molar-refractivity contribution in [3.63, 3.8) is 0 Å². The SMILES string of the molecule is COC(=O)[C@]12CC[C@@H](C)[C@H](C)[C@H]1C1=CC[C@@H]3[C@@]4(C)C/C(=C/n5cnnc5)C(=O)C(C)(C)C4CC[C@@]3(C)[C@]1(C)CC2. The Labute approximate surface area is 240 Å². The van der Waals surface area contributed by atoms with Crippen molar-refractivity contribution in [1.29, 1.82) is 0 Å². The van der Waals surface area contributed by atoms with Crippen molar-refractivity contribution in [1.82, 2.24) is 14.8 Å². The number of hydrogen-bond acceptors (Lipinski definition) is 5. The summed E-state index contributed by atoms with van der Waals surface area (Å²) < 4.78 is 7.36. The Hall–Kier alpha value is -2.24. The van der Waals surface area contributed by atoms with Crippen LogP contribution in [0.1, 0.15) is 99.8 Å². The molecule has 6 rings (SSSR count). The molecule has 0 saturated heterocycles. The molecule has 218 valence electrons. The van der Waals surface area contributed by atoms with E-state index in [1.807, 2.05) is 10.8 Å². The van der Waals surface area contributed by atoms with E-state index in [9.17, 15) is 9.59 Å². The van der Waals surface area contributed by atoms with E-state index in [0.717, 1.165) is 56.9 Å². The number of nitrogens with zero attached hydrogens (tertiary/aromatic N) is 3. The fourth-order valence-electron chi connectivity index (χ4n) is 11.5. The number of ether oxygens (including phenoxy) is 1. The van der Waals surface area contributed by atoms with E-state index >= 15 is 0 Å². The molecule has 0 spiro atoms. The van der Waals surface area contributed by atoms with Gasteiger partial charge in [0.15, 0.2) is 5.78 Å². The lowest BCUT2D eigenvalue weighted by molar-refractivity contribution is -0.187. The van der Waals surface area contributed by atoms with Crippen LogP contribution in [-0.4, -0.2) is 33.6 Å². The number of methoxy groups -OCH3 is 1. The Bertz CT molecular complexity index is 1280. The number of Topliss-reactive ketones (excluding diaryl/α,β-unsaturated/α-hetero) is 1. The molecular formula is C34H49N3O3. The van der Waals surface area contributed by atoms with Crippen molar-refractivity contribution in [2.24, 2.45) is 56.7 Å². The van der Waals surface area contributed by atoms with Gasteiger partial charge in [-0.3, -0.25) is 14.2 Å². The van der Waals surface area contributed by atoms with E-state index in [1.165, 1.54) is 0 Å². The number of esters is 1. The van der Waals surface area contributed by atoms with Gasteiger partial charge in [0.1, 0.15) is 12.7 Å². The standard InChI is InChI=1S/C34H49N3O3/c1-21-11-14-34(29(39)40-8)16-15-32(6)24(27(34)22(21)2)9-10-26-31(5)17-23(18-37-19-35-36-20-37)28(38)30(3,4)25(31)12-13-33(26,32)7/h9,18-22,25-27H,10-17H2,1-8H3/b23-18-/t21-,22+,25?,26-,27+,31+,32-,33-,34+/m1/s1. The van der Waals surface area contributed by atoms with Crippen LogP contribution in [0.15, 0.2) is 29.9 Å². The first-order valence-electron chi connectivity index (χ1n) is 15.6. The molecule has 0 N–H and O–H groups in total. The number of hydrogen-bond donors (Lipinski definition) is 0. The second-order valence-electron chi connectivity index (χ2n) is 15.6. The molecule has 0 aliphatic heterocycles. The van der Waals surface area contributed by atoms with Gasteiger partial charge in [-0.15, -0.1) is 10.2 Å². The number of rotatable bonds is 2. The van der Waals surface area contributed by atoms with Gasteiger partial charge in [0.05, 0.1) is 12.5 Å². The first-order valence-corrected chi connectivity index (χ1v) is 15.6. The van der Waals surface area contributed by atoms with Crippen molar-refractivity contribution in [3.05, 3.63) is 29.9 Å². The van der Waals surface area contributed by atoms with Crippen LogP contribution in [-0.2, 0) is 14.3 Å². The Morgan fingerprint density at radius 3 is 2.38 bits per heavy atom. The normalized spacial score (nSPS) is 46.9. The average molecular weight is 548 g/mol. The van der Waals surface area contributed by atoms with Crippen LogP contribution in [0.5, 0.6) is 0 Å². The summed E-state index contributed by atoms with van der Waals surface area (Å²) in [4.78, 5) is 27.4. The van der Waals surface area contributed by atoms with Crippen LogP contribution >= 0.6 is 0 Å². The number of aromatic nitrogens is 3. The second kappa shape index (κ2) is 8.88. The van der Waals surface area contributed by atoms with Crippen molar-refractivity contribution in [3.8, 4) is 0 Å². The predicted molar refractivity (Wildman–Crippen MR) is 156 cm³/mol. The van der Waals surface area contributed by atoms with Crippen molar-refractivity contribution in [2.75, 3.05) is 7.11 Å². The lowest BCUT2D eigenvalue weighted by Crippen LogP contribution is -2.65. The summed E-state index contributed by atoms with van der Waals surface area (Å²) in [6.07, 6.45) is 15.9. The molecule has 4 fully saturated rings. The summed E-state index contributed by atoms with van der Waals surface area (Å²) in [5, 5.41) is 7.93. The lowest BCUT2D eigenvalue weighted by atomic mass is 9.33. The van der Waals surface area contributed by atoms with Crippen molar-refractivity contribution < 1.29 is 14.3 Å². The highest BCUT2D eigenvalue weighted by Gasteiger charge is 2.70. The summed E-state index contributed by atoms with van der Waals surface area (Å²) in [5.74, 6) is 2.39. The zero-order chi connectivity index (χ0) is 28.9. The maximum absolute atomic E-state index is 13.9. The zero-order valence-electron chi connectivity index (χ0n) is 25.9. The quantitative estimate of drug-likeness (QED) is 0.224. The maximum atomic E-state index is 13.9. The highest BCUT2D eigenvalue weighted by Crippen LogP contribution is 2.75. The third-order valence-electron chi connectivity index (χ3n) is 13.9. The number of carbonyl (C=O) groups is 2. The Balaban J connectivity index is 1.46. The van der Waals surface area contributed by atoms with Gasteiger partial charge in [0.2, 0.25) is 0 Å². The van der Waals surface area contributed by atoms with Crippen LogP contribution in [0.3, 0.4) is 0 Å². The molecule has 6 heteroatoms. The molecule has 1 unspecified atom stereocenters. The number of ketones is 1. The van der Waals surface area contributed by atoms with Crippen LogP contribution in [0.25, 0.3) is 6.20 Å². The highest BCUT2D eigenvalue weighted by molar-refractivity contribution is 6.03. The Kier molecular flexibility index (Phi) is 6.19. The molecule has 5 aliphatic carbocycles. The molecule has 9 atom stereocenters. The summed E-state index contributed by atoms with van der Waals surface area (Å²) in [6, 6.07) is 0. The zero-order valence-corrected chi connectivity index (χ0v) is 25.9. The number of carbonyl (C=O) groups excluding carboxylic acids is 2. The predicted octanol–water partition coefficient (Wildman–Crippen LogP) is 7.13. The van der Waals surface area contributed by atoms with E-state index in [-0.39, 0.29) is 39.3 Å². The smallest absolute Gasteiger partial charge is 0.312 e. The second-order valence-corrected chi connectivity index (χ2v) is 15.6. The lowest BCUT2D eigenvalue weighted by Gasteiger charge is -2.70. The van der Waals surface area contributed by atoms with Gasteiger partial charge in [-0.1, -0.05) is 60.1 Å². The van der Waals surface area contributed by atoms with Crippen LogP contribution in [0.4, 0.5) is 0 Å². The van der Waals surface area contributed by atoms with Gasteiger partial charge < -0.3 is 4.74 Å². The Morgan fingerprint density at radius 1 is 1.00 bits per heavy atom. The monoisotopic (exact) mass is 547 g/mol. The minimum absolute atomic E-state index is 0.00233. The van der Waals surface area contributed by atoms with Gasteiger partial charge >= 0.3 is 5.97 Å². The van der Waals surface area contributed by atoms with E-state index in [2.05, 4.69) is 64.7 Å². The van der Waals surface area contributed by atoms with E-state index in [4.69, 9.17) is 4.74 Å². The van der Waals surface area contributed by atoms with Gasteiger partial charge in [-0.25, -0.2) is 0 Å². The Morgan fingerprint density at radius 2 is 1.70 bits per heavy atom. The molecule has 40 heavy (non-hydrogen) atoms. The molecule has 0 radical (unpaired) electrons. The van der Waals surface area contributed by atoms with Crippen molar-refractivity contribution >= 4 is 18.0 Å². The van der Waals surface area contributed by atoms with Gasteiger partial charge in [-0.2, -0.15) is 0 Å². The molecule has 5 aliphatic rings. The summed E-state index contributed by atoms with van der Waals surface area (Å²) >= 11 is 0. The van der Waals surface area contributed by atoms with E-state index in [0.29, 0.717) is 23.7 Å². The van der Waals surface area contributed by atoms with Gasteiger partial charge in [0, 0.05) is 17.2 Å². The molecule has 1 heterocycles. The van der Waals surface area contributed by atoms with E-state index in [1.54, 1.807) is 25.3 Å². The molecule has 0 aromatic carbocycles. The maximum Gasteiger partial charge on any atom is 0.312 e. The summed E-state index contributed by atoms with van der Waals surface area (Å²) in [6.45, 7) is 16.7. The van der Waals surface area contributed by atoms with Crippen LogP contribution in [0, 0.1) is 56.7 Å². The third kappa shape index (κ3) is 3.40. The fourth-order valence-corrected chi connectivity index (χ4v) is 11.5. The fraction of sp³-hybridized carbons (Fsp3) is 0.765. The third-order valence-corrected chi connectivity index (χ3v) is 13.9. The van der Waals surface area contributed by atoms with Crippen LogP contribution < -0.4 is 0 Å². The minimum atomic E-state index is -0.418. The molecule has 0 bridgehead atoms. The minimum Gasteiger partial charge on any atom is -0.469 e. The molecule has 1 aromatic rings. The van der Waals surface area contributed by atoms with Gasteiger partial charge in [-0.05, 0) is 97.2 Å². The summed E-state index contributed by atoms with van der Waals surface area (Å²) in [7, 11) is 1.58.